The highest BCUT2D eigenvalue weighted by Crippen LogP contribution is 2.34. The molecule has 7 heteroatoms. The standard InChI is InChI=1S/C20H15ClF3NO2/c1-11-3-4-13(9-12(11)2)17-7-8-18(27-17)19(26)25-16-10-14(20(22,23)24)5-6-15(16)21/h3-10H,1-2H3,(H,25,26). The fourth-order valence-electron chi connectivity index (χ4n) is 2.49. The van der Waals surface area contributed by atoms with Crippen LogP contribution in [0.1, 0.15) is 27.2 Å². The average molecular weight is 394 g/mol. The van der Waals surface area contributed by atoms with Crippen molar-refractivity contribution in [1.82, 2.24) is 0 Å². The second kappa shape index (κ2) is 7.12. The van der Waals surface area contributed by atoms with Crippen LogP contribution in [0.3, 0.4) is 0 Å². The molecule has 0 radical (unpaired) electrons. The first kappa shape index (κ1) is 19.0. The van der Waals surface area contributed by atoms with Crippen molar-refractivity contribution < 1.29 is 22.4 Å². The molecule has 0 saturated carbocycles. The number of halogens is 4. The van der Waals surface area contributed by atoms with Crippen LogP contribution in [0.2, 0.25) is 5.02 Å². The Bertz CT molecular complexity index is 1010. The highest BCUT2D eigenvalue weighted by atomic mass is 35.5. The summed E-state index contributed by atoms with van der Waals surface area (Å²) in [6, 6.07) is 11.5. The molecule has 1 amide bonds. The van der Waals surface area contributed by atoms with Crippen molar-refractivity contribution in [2.45, 2.75) is 20.0 Å². The number of nitrogens with one attached hydrogen (secondary N) is 1. The van der Waals surface area contributed by atoms with Crippen molar-refractivity contribution in [1.29, 1.82) is 0 Å². The Morgan fingerprint density at radius 2 is 1.74 bits per heavy atom. The van der Waals surface area contributed by atoms with Gasteiger partial charge in [0, 0.05) is 5.56 Å². The molecule has 140 valence electrons. The average Bonchev–Trinajstić information content (AvgIpc) is 3.08. The molecule has 0 atom stereocenters. The van der Waals surface area contributed by atoms with Gasteiger partial charge in [0.05, 0.1) is 16.3 Å². The Labute approximate surface area is 158 Å². The van der Waals surface area contributed by atoms with Gasteiger partial charge >= 0.3 is 6.18 Å². The van der Waals surface area contributed by atoms with E-state index in [9.17, 15) is 18.0 Å². The lowest BCUT2D eigenvalue weighted by Crippen LogP contribution is -2.13. The van der Waals surface area contributed by atoms with Gasteiger partial charge in [-0.25, -0.2) is 0 Å². The first-order valence-electron chi connectivity index (χ1n) is 8.01. The Kier molecular flexibility index (Phi) is 5.02. The molecular formula is C20H15ClF3NO2. The fourth-order valence-corrected chi connectivity index (χ4v) is 2.66. The predicted molar refractivity (Wildman–Crippen MR) is 98.0 cm³/mol. The maximum atomic E-state index is 12.8. The molecule has 3 aromatic rings. The zero-order valence-corrected chi connectivity index (χ0v) is 15.2. The van der Waals surface area contributed by atoms with E-state index in [-0.39, 0.29) is 16.5 Å². The second-order valence-corrected chi connectivity index (χ2v) is 6.52. The topological polar surface area (TPSA) is 42.2 Å². The zero-order chi connectivity index (χ0) is 19.8. The minimum Gasteiger partial charge on any atom is -0.451 e. The van der Waals surface area contributed by atoms with E-state index in [0.717, 1.165) is 34.9 Å². The van der Waals surface area contributed by atoms with E-state index < -0.39 is 17.6 Å². The van der Waals surface area contributed by atoms with E-state index in [4.69, 9.17) is 16.0 Å². The quantitative estimate of drug-likeness (QED) is 0.552. The number of hydrogen-bond acceptors (Lipinski definition) is 2. The molecule has 0 aliphatic heterocycles. The van der Waals surface area contributed by atoms with Gasteiger partial charge in [-0.1, -0.05) is 23.7 Å². The van der Waals surface area contributed by atoms with E-state index in [0.29, 0.717) is 5.76 Å². The van der Waals surface area contributed by atoms with E-state index in [1.807, 2.05) is 32.0 Å². The Morgan fingerprint density at radius 1 is 1.00 bits per heavy atom. The molecule has 0 fully saturated rings. The number of furan rings is 1. The number of hydrogen-bond donors (Lipinski definition) is 1. The number of alkyl halides is 3. The first-order valence-corrected chi connectivity index (χ1v) is 8.38. The molecule has 0 aliphatic rings. The van der Waals surface area contributed by atoms with Crippen molar-refractivity contribution >= 4 is 23.2 Å². The summed E-state index contributed by atoms with van der Waals surface area (Å²) in [5, 5.41) is 2.36. The molecule has 0 aliphatic carbocycles. The highest BCUT2D eigenvalue weighted by molar-refractivity contribution is 6.33. The van der Waals surface area contributed by atoms with Gasteiger partial charge in [0.2, 0.25) is 0 Å². The van der Waals surface area contributed by atoms with Crippen LogP contribution in [-0.4, -0.2) is 5.91 Å². The van der Waals surface area contributed by atoms with Gasteiger partial charge in [0.15, 0.2) is 5.76 Å². The molecule has 27 heavy (non-hydrogen) atoms. The van der Waals surface area contributed by atoms with E-state index in [1.165, 1.54) is 6.07 Å². The maximum Gasteiger partial charge on any atom is 0.416 e. The largest absolute Gasteiger partial charge is 0.451 e. The van der Waals surface area contributed by atoms with Gasteiger partial charge < -0.3 is 9.73 Å². The number of carbonyl (C=O) groups is 1. The molecular weight excluding hydrogens is 379 g/mol. The molecule has 0 saturated heterocycles. The number of carbonyl (C=O) groups excluding carboxylic acids is 1. The summed E-state index contributed by atoms with van der Waals surface area (Å²) in [5.41, 5.74) is 1.96. The van der Waals surface area contributed by atoms with Gasteiger partial charge in [-0.2, -0.15) is 13.2 Å². The van der Waals surface area contributed by atoms with Crippen LogP contribution in [0, 0.1) is 13.8 Å². The minimum absolute atomic E-state index is 0.00251. The van der Waals surface area contributed by atoms with E-state index in [1.54, 1.807) is 6.07 Å². The third kappa shape index (κ3) is 4.17. The molecule has 0 unspecified atom stereocenters. The Hall–Kier alpha value is -2.73. The highest BCUT2D eigenvalue weighted by Gasteiger charge is 2.31. The fraction of sp³-hybridized carbons (Fsp3) is 0.150. The molecule has 0 spiro atoms. The first-order chi connectivity index (χ1) is 12.6. The van der Waals surface area contributed by atoms with Gasteiger partial charge in [-0.15, -0.1) is 0 Å². The number of benzene rings is 2. The zero-order valence-electron chi connectivity index (χ0n) is 14.4. The van der Waals surface area contributed by atoms with E-state index >= 15 is 0 Å². The van der Waals surface area contributed by atoms with Crippen molar-refractivity contribution in [3.05, 3.63) is 76.0 Å². The molecule has 1 N–H and O–H groups in total. The van der Waals surface area contributed by atoms with E-state index in [2.05, 4.69) is 5.32 Å². The normalized spacial score (nSPS) is 11.5. The molecule has 1 heterocycles. The van der Waals surface area contributed by atoms with Crippen LogP contribution in [0.5, 0.6) is 0 Å². The molecule has 2 aromatic carbocycles. The van der Waals surface area contributed by atoms with Crippen LogP contribution in [-0.2, 0) is 6.18 Å². The number of anilines is 1. The molecule has 3 nitrogen and oxygen atoms in total. The van der Waals surface area contributed by atoms with Crippen molar-refractivity contribution in [3.8, 4) is 11.3 Å². The van der Waals surface area contributed by atoms with Crippen LogP contribution in [0.25, 0.3) is 11.3 Å². The number of rotatable bonds is 3. The van der Waals surface area contributed by atoms with Crippen LogP contribution in [0.4, 0.5) is 18.9 Å². The number of amides is 1. The van der Waals surface area contributed by atoms with Gasteiger partial charge in [0.25, 0.3) is 5.91 Å². The molecule has 0 bridgehead atoms. The summed E-state index contributed by atoms with van der Waals surface area (Å²) in [5.74, 6) is -0.235. The second-order valence-electron chi connectivity index (χ2n) is 6.11. The summed E-state index contributed by atoms with van der Waals surface area (Å²) in [4.78, 5) is 12.3. The lowest BCUT2D eigenvalue weighted by atomic mass is 10.1. The van der Waals surface area contributed by atoms with Crippen molar-refractivity contribution in [3.63, 3.8) is 0 Å². The van der Waals surface area contributed by atoms with Crippen molar-refractivity contribution in [2.24, 2.45) is 0 Å². The van der Waals surface area contributed by atoms with Crippen molar-refractivity contribution in [2.75, 3.05) is 5.32 Å². The summed E-state index contributed by atoms with van der Waals surface area (Å²) in [7, 11) is 0. The van der Waals surface area contributed by atoms with Crippen LogP contribution in [0.15, 0.2) is 52.9 Å². The van der Waals surface area contributed by atoms with Gasteiger partial charge in [-0.3, -0.25) is 4.79 Å². The minimum atomic E-state index is -4.54. The monoisotopic (exact) mass is 393 g/mol. The SMILES string of the molecule is Cc1ccc(-c2ccc(C(=O)Nc3cc(C(F)(F)F)ccc3Cl)o2)cc1C. The van der Waals surface area contributed by atoms with Gasteiger partial charge in [0.1, 0.15) is 5.76 Å². The maximum absolute atomic E-state index is 12.8. The van der Waals surface area contributed by atoms with Crippen LogP contribution >= 0.6 is 11.6 Å². The van der Waals surface area contributed by atoms with Crippen LogP contribution < -0.4 is 5.32 Å². The molecule has 1 aromatic heterocycles. The summed E-state index contributed by atoms with van der Waals surface area (Å²) in [6.45, 7) is 3.95. The summed E-state index contributed by atoms with van der Waals surface area (Å²) in [6.07, 6.45) is -4.54. The number of aryl methyl sites for hydroxylation is 2. The van der Waals surface area contributed by atoms with Gasteiger partial charge in [-0.05, 0) is 61.4 Å². The smallest absolute Gasteiger partial charge is 0.416 e. The predicted octanol–water partition coefficient (Wildman–Crippen LogP) is 6.49. The lowest BCUT2D eigenvalue weighted by molar-refractivity contribution is -0.137. The summed E-state index contributed by atoms with van der Waals surface area (Å²) >= 11 is 5.90. The summed E-state index contributed by atoms with van der Waals surface area (Å²) < 4.78 is 44.1. The third-order valence-electron chi connectivity index (χ3n) is 4.16. The Morgan fingerprint density at radius 3 is 2.41 bits per heavy atom. The third-order valence-corrected chi connectivity index (χ3v) is 4.49. The lowest BCUT2D eigenvalue weighted by Gasteiger charge is -2.11. The molecule has 3 rings (SSSR count). The Balaban J connectivity index is 1.84.